The second-order valence-corrected chi connectivity index (χ2v) is 7.98. The van der Waals surface area contributed by atoms with Crippen molar-refractivity contribution in [2.45, 2.75) is 31.7 Å². The molecule has 5 heteroatoms. The molecule has 1 amide bonds. The lowest BCUT2D eigenvalue weighted by molar-refractivity contribution is -0.125. The van der Waals surface area contributed by atoms with Gasteiger partial charge >= 0.3 is 0 Å². The third kappa shape index (κ3) is 2.49. The zero-order valence-electron chi connectivity index (χ0n) is 15.9. The van der Waals surface area contributed by atoms with Crippen LogP contribution in [0.2, 0.25) is 0 Å². The number of likely N-dealkylation sites (tertiary alicyclic amines) is 1. The topological polar surface area (TPSA) is 40.9 Å². The van der Waals surface area contributed by atoms with Gasteiger partial charge in [-0.15, -0.1) is 0 Å². The molecule has 2 aliphatic rings. The van der Waals surface area contributed by atoms with Crippen LogP contribution in [0.1, 0.15) is 29.7 Å². The second-order valence-electron chi connectivity index (χ2n) is 7.98. The van der Waals surface area contributed by atoms with Crippen LogP contribution in [0.25, 0.3) is 5.65 Å². The first-order valence-corrected chi connectivity index (χ1v) is 9.61. The number of aromatic nitrogens is 2. The van der Waals surface area contributed by atoms with E-state index in [0.29, 0.717) is 0 Å². The first-order valence-electron chi connectivity index (χ1n) is 9.61. The number of pyridine rings is 1. The van der Waals surface area contributed by atoms with E-state index < -0.39 is 5.41 Å². The highest BCUT2D eigenvalue weighted by Gasteiger charge is 2.51. The Morgan fingerprint density at radius 1 is 1.15 bits per heavy atom. The van der Waals surface area contributed by atoms with E-state index in [1.165, 1.54) is 11.1 Å². The zero-order valence-corrected chi connectivity index (χ0v) is 15.9. The number of likely N-dealkylation sites (N-methyl/N-ethyl adjacent to an activating group) is 1. The van der Waals surface area contributed by atoms with Crippen molar-refractivity contribution in [1.29, 1.82) is 0 Å². The summed E-state index contributed by atoms with van der Waals surface area (Å²) in [4.78, 5) is 22.2. The van der Waals surface area contributed by atoms with E-state index in [0.717, 1.165) is 49.5 Å². The van der Waals surface area contributed by atoms with Crippen molar-refractivity contribution in [3.8, 4) is 0 Å². The van der Waals surface area contributed by atoms with Gasteiger partial charge in [-0.05, 0) is 49.6 Å². The van der Waals surface area contributed by atoms with E-state index in [4.69, 9.17) is 4.98 Å². The molecule has 0 N–H and O–H groups in total. The highest BCUT2D eigenvalue weighted by molar-refractivity contribution is 6.08. The van der Waals surface area contributed by atoms with Gasteiger partial charge in [0.2, 0.25) is 5.91 Å². The Kier molecular flexibility index (Phi) is 3.62. The van der Waals surface area contributed by atoms with Gasteiger partial charge < -0.3 is 9.30 Å². The van der Waals surface area contributed by atoms with Crippen molar-refractivity contribution in [3.63, 3.8) is 0 Å². The van der Waals surface area contributed by atoms with Crippen molar-refractivity contribution in [2.75, 3.05) is 25.0 Å². The SMILES string of the molecule is Cc1ccc2nc(CN3CCC[C@@]4(C3)C(=O)N(C)c3ccccc34)cn2c1. The average molecular weight is 360 g/mol. The van der Waals surface area contributed by atoms with E-state index in [1.807, 2.05) is 18.0 Å². The van der Waals surface area contributed by atoms with Crippen LogP contribution >= 0.6 is 0 Å². The number of para-hydroxylation sites is 1. The minimum Gasteiger partial charge on any atom is -0.314 e. The van der Waals surface area contributed by atoms with Crippen molar-refractivity contribution in [3.05, 3.63) is 65.6 Å². The molecule has 5 nitrogen and oxygen atoms in total. The van der Waals surface area contributed by atoms with Crippen LogP contribution in [0.15, 0.2) is 48.8 Å². The van der Waals surface area contributed by atoms with Crippen LogP contribution in [0, 0.1) is 6.92 Å². The van der Waals surface area contributed by atoms with Crippen molar-refractivity contribution >= 4 is 17.2 Å². The van der Waals surface area contributed by atoms with Crippen LogP contribution in [0.5, 0.6) is 0 Å². The van der Waals surface area contributed by atoms with Gasteiger partial charge in [0.05, 0.1) is 11.1 Å². The Labute approximate surface area is 159 Å². The highest BCUT2D eigenvalue weighted by Crippen LogP contribution is 2.46. The lowest BCUT2D eigenvalue weighted by Gasteiger charge is -2.39. The first-order chi connectivity index (χ1) is 13.1. The van der Waals surface area contributed by atoms with E-state index in [9.17, 15) is 4.79 Å². The second kappa shape index (κ2) is 5.92. The molecule has 4 heterocycles. The fraction of sp³-hybridized carbons (Fsp3) is 0.364. The molecule has 2 aromatic heterocycles. The summed E-state index contributed by atoms with van der Waals surface area (Å²) in [5.74, 6) is 0.235. The number of aryl methyl sites for hydroxylation is 1. The summed E-state index contributed by atoms with van der Waals surface area (Å²) in [7, 11) is 1.90. The molecule has 0 aliphatic carbocycles. The van der Waals surface area contributed by atoms with Gasteiger partial charge in [0.15, 0.2) is 0 Å². The minimum absolute atomic E-state index is 0.235. The van der Waals surface area contributed by atoms with Crippen LogP contribution in [-0.2, 0) is 16.8 Å². The molecule has 0 radical (unpaired) electrons. The van der Waals surface area contributed by atoms with Crippen LogP contribution in [-0.4, -0.2) is 40.3 Å². The number of amides is 1. The van der Waals surface area contributed by atoms with Crippen LogP contribution in [0.4, 0.5) is 5.69 Å². The maximum Gasteiger partial charge on any atom is 0.238 e. The molecule has 1 fully saturated rings. The third-order valence-electron chi connectivity index (χ3n) is 6.10. The fourth-order valence-electron chi connectivity index (χ4n) is 4.85. The number of piperidine rings is 1. The molecular formula is C22H24N4O. The fourth-order valence-corrected chi connectivity index (χ4v) is 4.85. The Hall–Kier alpha value is -2.66. The number of hydrogen-bond donors (Lipinski definition) is 0. The average Bonchev–Trinajstić information content (AvgIpc) is 3.15. The molecule has 138 valence electrons. The molecule has 0 saturated carbocycles. The maximum atomic E-state index is 13.2. The number of rotatable bonds is 2. The molecule has 3 aromatic rings. The van der Waals surface area contributed by atoms with Crippen LogP contribution in [0.3, 0.4) is 0 Å². The predicted octanol–water partition coefficient (Wildman–Crippen LogP) is 3.15. The number of nitrogens with zero attached hydrogens (tertiary/aromatic N) is 4. The van der Waals surface area contributed by atoms with Gasteiger partial charge in [0.25, 0.3) is 0 Å². The zero-order chi connectivity index (χ0) is 18.6. The highest BCUT2D eigenvalue weighted by atomic mass is 16.2. The number of benzene rings is 1. The van der Waals surface area contributed by atoms with Gasteiger partial charge in [0, 0.05) is 38.2 Å². The van der Waals surface area contributed by atoms with E-state index in [2.05, 4.69) is 58.9 Å². The predicted molar refractivity (Wildman–Crippen MR) is 106 cm³/mol. The summed E-state index contributed by atoms with van der Waals surface area (Å²) in [6.45, 7) is 4.64. The summed E-state index contributed by atoms with van der Waals surface area (Å²) >= 11 is 0. The van der Waals surface area contributed by atoms with Crippen molar-refractivity contribution in [2.24, 2.45) is 0 Å². The smallest absolute Gasteiger partial charge is 0.238 e. The molecule has 1 spiro atoms. The quantitative estimate of drug-likeness (QED) is 0.705. The van der Waals surface area contributed by atoms with Gasteiger partial charge in [-0.3, -0.25) is 9.69 Å². The monoisotopic (exact) mass is 360 g/mol. The summed E-state index contributed by atoms with van der Waals surface area (Å²) in [5.41, 5.74) is 5.10. The van der Waals surface area contributed by atoms with E-state index in [1.54, 1.807) is 0 Å². The molecule has 1 saturated heterocycles. The lowest BCUT2D eigenvalue weighted by Crippen LogP contribution is -2.51. The molecule has 0 bridgehead atoms. The summed E-state index contributed by atoms with van der Waals surface area (Å²) < 4.78 is 2.09. The van der Waals surface area contributed by atoms with Crippen molar-refractivity contribution < 1.29 is 4.79 Å². The summed E-state index contributed by atoms with van der Waals surface area (Å²) in [6, 6.07) is 12.4. The van der Waals surface area contributed by atoms with Gasteiger partial charge in [-0.2, -0.15) is 0 Å². The Bertz CT molecular complexity index is 1040. The first kappa shape index (κ1) is 16.5. The summed E-state index contributed by atoms with van der Waals surface area (Å²) in [6.07, 6.45) is 6.17. The standard InChI is InChI=1S/C22H24N4O/c1-16-8-9-20-23-17(14-26(20)12-16)13-25-11-5-10-22(15-25)18-6-3-4-7-19(18)24(2)21(22)27/h3-4,6-9,12,14H,5,10-11,13,15H2,1-2H3/t22-/m0/s1. The number of anilines is 1. The Morgan fingerprint density at radius 2 is 2.00 bits per heavy atom. The van der Waals surface area contributed by atoms with E-state index in [-0.39, 0.29) is 5.91 Å². The van der Waals surface area contributed by atoms with E-state index >= 15 is 0 Å². The summed E-state index contributed by atoms with van der Waals surface area (Å²) in [5, 5.41) is 0. The molecule has 2 aliphatic heterocycles. The van der Waals surface area contributed by atoms with Crippen LogP contribution < -0.4 is 4.90 Å². The Morgan fingerprint density at radius 3 is 2.89 bits per heavy atom. The molecular weight excluding hydrogens is 336 g/mol. The number of carbonyl (C=O) groups is 1. The molecule has 1 atom stereocenters. The molecule has 1 aromatic carbocycles. The molecule has 27 heavy (non-hydrogen) atoms. The number of fused-ring (bicyclic) bond motifs is 3. The molecule has 0 unspecified atom stereocenters. The number of imidazole rings is 1. The minimum atomic E-state index is -0.403. The van der Waals surface area contributed by atoms with Gasteiger partial charge in [-0.1, -0.05) is 24.3 Å². The maximum absolute atomic E-state index is 13.2. The number of hydrogen-bond acceptors (Lipinski definition) is 3. The van der Waals surface area contributed by atoms with Gasteiger partial charge in [-0.25, -0.2) is 4.98 Å². The normalized spacial score (nSPS) is 22.7. The molecule has 5 rings (SSSR count). The number of carbonyl (C=O) groups excluding carboxylic acids is 1. The lowest BCUT2D eigenvalue weighted by atomic mass is 9.75. The van der Waals surface area contributed by atoms with Gasteiger partial charge in [0.1, 0.15) is 5.65 Å². The third-order valence-corrected chi connectivity index (χ3v) is 6.10. The largest absolute Gasteiger partial charge is 0.314 e. The Balaban J connectivity index is 1.45. The van der Waals surface area contributed by atoms with Crippen molar-refractivity contribution in [1.82, 2.24) is 14.3 Å².